The Kier molecular flexibility index (Phi) is 6.45. The summed E-state index contributed by atoms with van der Waals surface area (Å²) in [6, 6.07) is 6.98. The van der Waals surface area contributed by atoms with Crippen LogP contribution < -0.4 is 10.5 Å². The second-order valence-corrected chi connectivity index (χ2v) is 4.75. The molecule has 0 saturated heterocycles. The van der Waals surface area contributed by atoms with Crippen LogP contribution in [-0.2, 0) is 9.05 Å². The van der Waals surface area contributed by atoms with E-state index < -0.39 is 8.38 Å². The van der Waals surface area contributed by atoms with Crippen molar-refractivity contribution < 1.29 is 13.8 Å². The van der Waals surface area contributed by atoms with Crippen molar-refractivity contribution in [3.63, 3.8) is 0 Å². The van der Waals surface area contributed by atoms with Gasteiger partial charge in [0, 0.05) is 11.8 Å². The molecule has 6 heteroatoms. The third kappa shape index (κ3) is 4.50. The third-order valence-corrected chi connectivity index (χ3v) is 3.43. The first-order chi connectivity index (χ1) is 8.71. The van der Waals surface area contributed by atoms with Crippen molar-refractivity contribution in [2.24, 2.45) is 0 Å². The van der Waals surface area contributed by atoms with Crippen LogP contribution >= 0.6 is 8.38 Å². The fourth-order valence-electron chi connectivity index (χ4n) is 1.27. The summed E-state index contributed by atoms with van der Waals surface area (Å²) in [5, 5.41) is 8.95. The summed E-state index contributed by atoms with van der Waals surface area (Å²) in [6.07, 6.45) is 0.287. The van der Waals surface area contributed by atoms with E-state index in [9.17, 15) is 0 Å². The van der Waals surface area contributed by atoms with Gasteiger partial charge in [0.1, 0.15) is 11.8 Å². The summed E-state index contributed by atoms with van der Waals surface area (Å²) in [4.78, 5) is 0. The van der Waals surface area contributed by atoms with E-state index in [1.165, 1.54) is 0 Å². The van der Waals surface area contributed by atoms with Crippen molar-refractivity contribution in [1.82, 2.24) is 0 Å². The maximum absolute atomic E-state index is 8.95. The Morgan fingerprint density at radius 2 is 1.94 bits per heavy atom. The summed E-state index contributed by atoms with van der Waals surface area (Å²) >= 11 is 0. The monoisotopic (exact) mass is 268 g/mol. The van der Waals surface area contributed by atoms with Crippen molar-refractivity contribution >= 4 is 14.1 Å². The fourth-order valence-corrected chi connectivity index (χ4v) is 2.32. The smallest absolute Gasteiger partial charge is 0.211 e. The Morgan fingerprint density at radius 1 is 1.28 bits per heavy atom. The summed E-state index contributed by atoms with van der Waals surface area (Å²) < 4.78 is 16.4. The average Bonchev–Trinajstić information content (AvgIpc) is 2.36. The van der Waals surface area contributed by atoms with Gasteiger partial charge in [-0.3, -0.25) is 0 Å². The van der Waals surface area contributed by atoms with E-state index in [4.69, 9.17) is 24.8 Å². The minimum absolute atomic E-state index is 0.287. The molecule has 0 fully saturated rings. The number of nitriles is 1. The number of nitrogens with two attached hydrogens (primary N) is 1. The number of hydrogen-bond acceptors (Lipinski definition) is 5. The number of rotatable bonds is 7. The lowest BCUT2D eigenvalue weighted by atomic mass is 10.2. The molecule has 18 heavy (non-hydrogen) atoms. The lowest BCUT2D eigenvalue weighted by molar-refractivity contribution is 0.243. The van der Waals surface area contributed by atoms with E-state index in [0.29, 0.717) is 30.2 Å². The zero-order valence-corrected chi connectivity index (χ0v) is 11.4. The van der Waals surface area contributed by atoms with Gasteiger partial charge in [0.25, 0.3) is 0 Å². The van der Waals surface area contributed by atoms with Crippen molar-refractivity contribution in [2.75, 3.05) is 25.3 Å². The highest BCUT2D eigenvalue weighted by Gasteiger charge is 2.12. The average molecular weight is 268 g/mol. The van der Waals surface area contributed by atoms with E-state index in [1.807, 2.05) is 13.8 Å². The predicted molar refractivity (Wildman–Crippen MR) is 71.2 cm³/mol. The van der Waals surface area contributed by atoms with Crippen molar-refractivity contribution in [2.45, 2.75) is 13.8 Å². The van der Waals surface area contributed by atoms with Crippen LogP contribution in [0, 0.1) is 11.3 Å². The van der Waals surface area contributed by atoms with Crippen LogP contribution in [0.5, 0.6) is 5.75 Å². The Balaban J connectivity index is 2.66. The second kappa shape index (κ2) is 7.88. The van der Waals surface area contributed by atoms with Gasteiger partial charge in [0.2, 0.25) is 8.38 Å². The minimum Gasteiger partial charge on any atom is -0.483 e. The third-order valence-electron chi connectivity index (χ3n) is 2.00. The molecule has 98 valence electrons. The van der Waals surface area contributed by atoms with E-state index in [0.717, 1.165) is 0 Å². The Bertz CT molecular complexity index is 414. The van der Waals surface area contributed by atoms with E-state index in [2.05, 4.69) is 6.07 Å². The Labute approximate surface area is 108 Å². The van der Waals surface area contributed by atoms with E-state index in [-0.39, 0.29) is 6.35 Å². The van der Waals surface area contributed by atoms with E-state index in [1.54, 1.807) is 18.2 Å². The summed E-state index contributed by atoms with van der Waals surface area (Å²) in [5.41, 5.74) is 6.67. The van der Waals surface area contributed by atoms with Gasteiger partial charge in [-0.2, -0.15) is 5.26 Å². The van der Waals surface area contributed by atoms with Crippen LogP contribution in [0.2, 0.25) is 0 Å². The van der Waals surface area contributed by atoms with Crippen molar-refractivity contribution in [1.29, 1.82) is 5.26 Å². The van der Waals surface area contributed by atoms with Gasteiger partial charge in [-0.25, -0.2) is 0 Å². The zero-order chi connectivity index (χ0) is 13.4. The van der Waals surface area contributed by atoms with Gasteiger partial charge in [0.05, 0.1) is 18.8 Å². The molecule has 2 N–H and O–H groups in total. The second-order valence-electron chi connectivity index (χ2n) is 3.31. The highest BCUT2D eigenvalue weighted by Crippen LogP contribution is 2.38. The molecular weight excluding hydrogens is 251 g/mol. The molecule has 0 aliphatic rings. The molecule has 0 atom stereocenters. The molecule has 0 radical (unpaired) electrons. The first kappa shape index (κ1) is 14.7. The molecule has 0 heterocycles. The standard InChI is InChI=1S/C12H17N2O3P/c1-3-16-18(17-4-2)9-15-12-7-11(14)6-5-10(12)8-13/h5-7H,3-4,9,14H2,1-2H3. The highest BCUT2D eigenvalue weighted by atomic mass is 31.2. The fraction of sp³-hybridized carbons (Fsp3) is 0.417. The normalized spacial score (nSPS) is 10.3. The summed E-state index contributed by atoms with van der Waals surface area (Å²) in [7, 11) is -1.08. The number of nitrogen functional groups attached to an aromatic ring is 1. The number of hydrogen-bond donors (Lipinski definition) is 1. The lowest BCUT2D eigenvalue weighted by Crippen LogP contribution is -2.03. The van der Waals surface area contributed by atoms with Crippen LogP contribution in [0.1, 0.15) is 19.4 Å². The SMILES string of the molecule is CCOP(COc1cc(N)ccc1C#N)OCC. The van der Waals surface area contributed by atoms with Crippen LogP contribution in [0.25, 0.3) is 0 Å². The quantitative estimate of drug-likeness (QED) is 0.607. The van der Waals surface area contributed by atoms with Crippen LogP contribution in [0.3, 0.4) is 0 Å². The molecule has 0 unspecified atom stereocenters. The van der Waals surface area contributed by atoms with Crippen molar-refractivity contribution in [3.8, 4) is 11.8 Å². The molecule has 0 aromatic heterocycles. The summed E-state index contributed by atoms with van der Waals surface area (Å²) in [6.45, 7) is 4.93. The molecule has 5 nitrogen and oxygen atoms in total. The molecule has 1 aromatic carbocycles. The maximum atomic E-state index is 8.95. The number of anilines is 1. The van der Waals surface area contributed by atoms with Crippen LogP contribution in [0.15, 0.2) is 18.2 Å². The molecule has 0 amide bonds. The molecule has 0 bridgehead atoms. The number of benzene rings is 1. The van der Waals surface area contributed by atoms with Crippen LogP contribution in [-0.4, -0.2) is 19.6 Å². The molecule has 1 aromatic rings. The minimum atomic E-state index is -1.08. The first-order valence-corrected chi connectivity index (χ1v) is 7.03. The highest BCUT2D eigenvalue weighted by molar-refractivity contribution is 7.47. The van der Waals surface area contributed by atoms with Gasteiger partial charge in [-0.1, -0.05) is 0 Å². The molecule has 0 aliphatic carbocycles. The van der Waals surface area contributed by atoms with Gasteiger partial charge in [-0.15, -0.1) is 0 Å². The maximum Gasteiger partial charge on any atom is 0.211 e. The van der Waals surface area contributed by atoms with Gasteiger partial charge >= 0.3 is 0 Å². The number of ether oxygens (including phenoxy) is 1. The van der Waals surface area contributed by atoms with Crippen molar-refractivity contribution in [3.05, 3.63) is 23.8 Å². The number of nitrogens with zero attached hydrogens (tertiary/aromatic N) is 1. The summed E-state index contributed by atoms with van der Waals surface area (Å²) in [5.74, 6) is 0.462. The zero-order valence-electron chi connectivity index (χ0n) is 10.5. The van der Waals surface area contributed by atoms with Gasteiger partial charge in [-0.05, 0) is 26.0 Å². The van der Waals surface area contributed by atoms with Crippen LogP contribution in [0.4, 0.5) is 5.69 Å². The lowest BCUT2D eigenvalue weighted by Gasteiger charge is -2.16. The first-order valence-electron chi connectivity index (χ1n) is 5.67. The van der Waals surface area contributed by atoms with E-state index >= 15 is 0 Å². The Morgan fingerprint density at radius 3 is 2.50 bits per heavy atom. The van der Waals surface area contributed by atoms with Gasteiger partial charge in [0.15, 0.2) is 6.35 Å². The molecular formula is C12H17N2O3P. The molecule has 1 rings (SSSR count). The Hall–Kier alpha value is -1.34. The molecule has 0 spiro atoms. The molecule has 0 saturated carbocycles. The predicted octanol–water partition coefficient (Wildman–Crippen LogP) is 2.86. The largest absolute Gasteiger partial charge is 0.483 e. The van der Waals surface area contributed by atoms with Gasteiger partial charge < -0.3 is 19.5 Å². The molecule has 0 aliphatic heterocycles. The topological polar surface area (TPSA) is 77.5 Å².